The second-order valence-electron chi connectivity index (χ2n) is 9.73. The maximum atomic E-state index is 6.61. The molecule has 6 heteroatoms. The number of nitrogens with zero attached hydrogens (tertiary/aromatic N) is 3. The Balaban J connectivity index is 0.00000231. The van der Waals surface area contributed by atoms with Crippen LogP contribution in [0.5, 0.6) is 5.75 Å². The average Bonchev–Trinajstić information content (AvgIpc) is 2.68. The Morgan fingerprint density at radius 3 is 2.61 bits per heavy atom. The van der Waals surface area contributed by atoms with Crippen LogP contribution in [0.4, 0.5) is 0 Å². The third-order valence-electron chi connectivity index (χ3n) is 7.14. The van der Waals surface area contributed by atoms with Gasteiger partial charge in [-0.25, -0.2) is 0 Å². The number of rotatable bonds is 7. The molecule has 2 fully saturated rings. The largest absolute Gasteiger partial charge is 0.490 e. The van der Waals surface area contributed by atoms with Gasteiger partial charge in [-0.05, 0) is 51.5 Å². The maximum absolute atomic E-state index is 6.61. The van der Waals surface area contributed by atoms with Gasteiger partial charge in [-0.2, -0.15) is 0 Å². The van der Waals surface area contributed by atoms with E-state index >= 15 is 0 Å². The highest BCUT2D eigenvalue weighted by molar-refractivity contribution is 5.85. The van der Waals surface area contributed by atoms with Gasteiger partial charge in [-0.15, -0.1) is 12.4 Å². The molecule has 0 bridgehead atoms. The van der Waals surface area contributed by atoms with E-state index in [1.807, 2.05) is 6.20 Å². The van der Waals surface area contributed by atoms with Crippen LogP contribution >= 0.6 is 12.4 Å². The van der Waals surface area contributed by atoms with Gasteiger partial charge in [0.2, 0.25) is 0 Å². The summed E-state index contributed by atoms with van der Waals surface area (Å²) in [6, 6.07) is 13.3. The number of halogens is 1. The van der Waals surface area contributed by atoms with Crippen molar-refractivity contribution in [3.63, 3.8) is 0 Å². The summed E-state index contributed by atoms with van der Waals surface area (Å²) in [6.45, 7) is 5.41. The molecule has 1 aliphatic carbocycles. The Labute approximate surface area is 192 Å². The number of hydrogen-bond acceptors (Lipinski definition) is 5. The summed E-state index contributed by atoms with van der Waals surface area (Å²) in [6.07, 6.45) is 6.77. The fraction of sp³-hybridized carbons (Fsp3) is 0.560. The number of ether oxygens (including phenoxy) is 1. The zero-order valence-electron chi connectivity index (χ0n) is 18.7. The van der Waals surface area contributed by atoms with Gasteiger partial charge >= 0.3 is 0 Å². The van der Waals surface area contributed by atoms with E-state index in [0.717, 1.165) is 51.3 Å². The summed E-state index contributed by atoms with van der Waals surface area (Å²) in [5.74, 6) is 1.08. The van der Waals surface area contributed by atoms with Crippen LogP contribution in [0.3, 0.4) is 0 Å². The number of fused-ring (bicyclic) bond motifs is 1. The molecule has 2 aliphatic heterocycles. The lowest BCUT2D eigenvalue weighted by Crippen LogP contribution is -2.62. The molecular formula is C25H35ClN4O. The first-order chi connectivity index (χ1) is 14.6. The van der Waals surface area contributed by atoms with E-state index in [2.05, 4.69) is 65.6 Å². The van der Waals surface area contributed by atoms with Crippen molar-refractivity contribution in [1.29, 1.82) is 0 Å². The standard InChI is InChI=1S/C25H34N4O.ClH/c1-28(2)12-10-22-24-21(9-13-29(22)16-19-6-4-3-5-7-19)27-11-8-23(24)30-20-14-25(15-20)17-26-18-25;/h3-8,11,20,22,26H,9-10,12-18H2,1-2H3;1H. The Kier molecular flexibility index (Phi) is 6.87. The molecule has 1 aromatic carbocycles. The second-order valence-corrected chi connectivity index (χ2v) is 9.73. The van der Waals surface area contributed by atoms with Crippen LogP contribution in [0, 0.1) is 5.41 Å². The number of nitrogens with one attached hydrogen (secondary N) is 1. The van der Waals surface area contributed by atoms with Crippen LogP contribution in [0.1, 0.15) is 42.1 Å². The number of benzene rings is 1. The quantitative estimate of drug-likeness (QED) is 0.708. The smallest absolute Gasteiger partial charge is 0.127 e. The van der Waals surface area contributed by atoms with Crippen molar-refractivity contribution >= 4 is 12.4 Å². The monoisotopic (exact) mass is 442 g/mol. The molecule has 3 aliphatic rings. The number of pyridine rings is 1. The van der Waals surface area contributed by atoms with E-state index < -0.39 is 0 Å². The lowest BCUT2D eigenvalue weighted by molar-refractivity contribution is -0.0506. The molecule has 168 valence electrons. The van der Waals surface area contributed by atoms with E-state index in [1.54, 1.807) is 0 Å². The number of hydrogen-bond donors (Lipinski definition) is 1. The topological polar surface area (TPSA) is 40.6 Å². The highest BCUT2D eigenvalue weighted by Crippen LogP contribution is 2.47. The summed E-state index contributed by atoms with van der Waals surface area (Å²) in [4.78, 5) is 9.69. The minimum Gasteiger partial charge on any atom is -0.490 e. The predicted molar refractivity (Wildman–Crippen MR) is 127 cm³/mol. The summed E-state index contributed by atoms with van der Waals surface area (Å²) >= 11 is 0. The van der Waals surface area contributed by atoms with Crippen LogP contribution in [0.25, 0.3) is 0 Å². The zero-order valence-corrected chi connectivity index (χ0v) is 19.5. The van der Waals surface area contributed by atoms with Gasteiger partial charge in [0.15, 0.2) is 0 Å². The SMILES string of the molecule is CN(C)CCC1c2c(OC3CC4(CNC4)C3)ccnc2CCN1Cc1ccccc1.Cl. The molecule has 0 amide bonds. The summed E-state index contributed by atoms with van der Waals surface area (Å²) < 4.78 is 6.61. The summed E-state index contributed by atoms with van der Waals surface area (Å²) in [5.41, 5.74) is 4.48. The highest BCUT2D eigenvalue weighted by atomic mass is 35.5. The van der Waals surface area contributed by atoms with E-state index in [4.69, 9.17) is 9.72 Å². The first-order valence-corrected chi connectivity index (χ1v) is 11.4. The van der Waals surface area contributed by atoms with Crippen molar-refractivity contribution in [2.75, 3.05) is 40.3 Å². The molecule has 1 atom stereocenters. The Morgan fingerprint density at radius 1 is 1.16 bits per heavy atom. The minimum atomic E-state index is 0. The first-order valence-electron chi connectivity index (χ1n) is 11.4. The maximum Gasteiger partial charge on any atom is 0.127 e. The minimum absolute atomic E-state index is 0. The molecule has 0 radical (unpaired) electrons. The number of aromatic nitrogens is 1. The second kappa shape index (κ2) is 9.45. The van der Waals surface area contributed by atoms with Crippen molar-refractivity contribution in [2.45, 2.75) is 44.4 Å². The molecule has 1 saturated heterocycles. The predicted octanol–water partition coefficient (Wildman–Crippen LogP) is 3.69. The Hall–Kier alpha value is -1.66. The van der Waals surface area contributed by atoms with E-state index in [9.17, 15) is 0 Å². The Morgan fingerprint density at radius 2 is 1.94 bits per heavy atom. The molecule has 1 saturated carbocycles. The van der Waals surface area contributed by atoms with Crippen LogP contribution in [0.15, 0.2) is 42.6 Å². The molecule has 1 N–H and O–H groups in total. The van der Waals surface area contributed by atoms with Gasteiger partial charge in [0, 0.05) is 55.8 Å². The molecule has 2 aromatic rings. The van der Waals surface area contributed by atoms with Crippen LogP contribution in [-0.4, -0.2) is 61.2 Å². The van der Waals surface area contributed by atoms with Crippen molar-refractivity contribution in [3.8, 4) is 5.75 Å². The molecule has 5 rings (SSSR count). The van der Waals surface area contributed by atoms with Gasteiger partial charge in [0.1, 0.15) is 5.75 Å². The van der Waals surface area contributed by atoms with Gasteiger partial charge in [0.05, 0.1) is 11.8 Å². The van der Waals surface area contributed by atoms with Crippen LogP contribution in [0.2, 0.25) is 0 Å². The average molecular weight is 443 g/mol. The first kappa shape index (κ1) is 22.5. The molecule has 1 unspecified atom stereocenters. The van der Waals surface area contributed by atoms with E-state index in [-0.39, 0.29) is 12.4 Å². The molecule has 5 nitrogen and oxygen atoms in total. The van der Waals surface area contributed by atoms with E-state index in [0.29, 0.717) is 17.6 Å². The van der Waals surface area contributed by atoms with Crippen LogP contribution in [-0.2, 0) is 13.0 Å². The molecule has 1 aromatic heterocycles. The third kappa shape index (κ3) is 4.75. The Bertz CT molecular complexity index is 863. The highest BCUT2D eigenvalue weighted by Gasteiger charge is 2.50. The normalized spacial score (nSPS) is 22.4. The van der Waals surface area contributed by atoms with Crippen LogP contribution < -0.4 is 10.1 Å². The van der Waals surface area contributed by atoms with Crippen molar-refractivity contribution in [1.82, 2.24) is 20.1 Å². The van der Waals surface area contributed by atoms with Gasteiger partial charge in [-0.1, -0.05) is 30.3 Å². The fourth-order valence-electron chi connectivity index (χ4n) is 5.39. The third-order valence-corrected chi connectivity index (χ3v) is 7.14. The lowest BCUT2D eigenvalue weighted by Gasteiger charge is -2.54. The lowest BCUT2D eigenvalue weighted by atomic mass is 9.63. The fourth-order valence-corrected chi connectivity index (χ4v) is 5.39. The van der Waals surface area contributed by atoms with Crippen molar-refractivity contribution < 1.29 is 4.74 Å². The van der Waals surface area contributed by atoms with E-state index in [1.165, 1.54) is 29.7 Å². The molecule has 31 heavy (non-hydrogen) atoms. The van der Waals surface area contributed by atoms with Gasteiger partial charge < -0.3 is 15.0 Å². The summed E-state index contributed by atoms with van der Waals surface area (Å²) in [7, 11) is 4.32. The molecule has 3 heterocycles. The molecular weight excluding hydrogens is 408 g/mol. The van der Waals surface area contributed by atoms with Crippen molar-refractivity contribution in [2.24, 2.45) is 5.41 Å². The zero-order chi connectivity index (χ0) is 20.6. The molecule has 1 spiro atoms. The van der Waals surface area contributed by atoms with Gasteiger partial charge in [-0.3, -0.25) is 9.88 Å². The summed E-state index contributed by atoms with van der Waals surface area (Å²) in [5, 5.41) is 3.42. The van der Waals surface area contributed by atoms with Crippen molar-refractivity contribution in [3.05, 3.63) is 59.4 Å². The van der Waals surface area contributed by atoms with Gasteiger partial charge in [0.25, 0.3) is 0 Å².